The molecule has 0 aliphatic heterocycles. The highest BCUT2D eigenvalue weighted by Crippen LogP contribution is 2.36. The maximum atomic E-state index is 13.5. The van der Waals surface area contributed by atoms with E-state index in [4.69, 9.17) is 10.5 Å². The topological polar surface area (TPSA) is 35.2 Å². The van der Waals surface area contributed by atoms with Crippen LogP contribution < -0.4 is 5.73 Å². The molecule has 2 N–H and O–H groups in total. The van der Waals surface area contributed by atoms with Crippen LogP contribution in [0.25, 0.3) is 0 Å². The van der Waals surface area contributed by atoms with Crippen LogP contribution in [-0.2, 0) is 17.8 Å². The van der Waals surface area contributed by atoms with Crippen molar-refractivity contribution in [1.82, 2.24) is 0 Å². The van der Waals surface area contributed by atoms with E-state index in [-0.39, 0.29) is 17.7 Å². The van der Waals surface area contributed by atoms with Crippen LogP contribution in [0.15, 0.2) is 12.1 Å². The van der Waals surface area contributed by atoms with Gasteiger partial charge in [-0.25, -0.2) is 8.78 Å². The fraction of sp³-hybridized carbons (Fsp3) is 0.500. The van der Waals surface area contributed by atoms with Gasteiger partial charge in [0, 0.05) is 18.2 Å². The summed E-state index contributed by atoms with van der Waals surface area (Å²) in [6.45, 7) is -0.0499. The second kappa shape index (κ2) is 4.11. The standard InChI is InChI=1S/C12H15F2NO/c1-16-7-9-10(13)4-8(5-11(9)14)6-12(15)2-3-12/h4-5H,2-3,6-7,15H2,1H3. The molecule has 1 fully saturated rings. The lowest BCUT2D eigenvalue weighted by molar-refractivity contribution is 0.177. The molecule has 1 saturated carbocycles. The second-order valence-corrected chi connectivity index (χ2v) is 4.51. The van der Waals surface area contributed by atoms with Crippen LogP contribution in [0.2, 0.25) is 0 Å². The van der Waals surface area contributed by atoms with Gasteiger partial charge in [-0.2, -0.15) is 0 Å². The van der Waals surface area contributed by atoms with Gasteiger partial charge in [0.25, 0.3) is 0 Å². The molecule has 0 aromatic heterocycles. The number of rotatable bonds is 4. The van der Waals surface area contributed by atoms with Crippen molar-refractivity contribution < 1.29 is 13.5 Å². The third kappa shape index (κ3) is 2.39. The summed E-state index contributed by atoms with van der Waals surface area (Å²) in [4.78, 5) is 0. The number of nitrogens with two attached hydrogens (primary N) is 1. The van der Waals surface area contributed by atoms with Gasteiger partial charge in [-0.05, 0) is 37.0 Å². The van der Waals surface area contributed by atoms with Crippen LogP contribution in [0.1, 0.15) is 24.0 Å². The number of halogens is 2. The molecule has 2 rings (SSSR count). The molecule has 88 valence electrons. The van der Waals surface area contributed by atoms with E-state index in [1.165, 1.54) is 19.2 Å². The fourth-order valence-corrected chi connectivity index (χ4v) is 1.78. The predicted octanol–water partition coefficient (Wildman–Crippen LogP) is 2.15. The maximum absolute atomic E-state index is 13.5. The third-order valence-corrected chi connectivity index (χ3v) is 2.94. The van der Waals surface area contributed by atoms with Gasteiger partial charge >= 0.3 is 0 Å². The zero-order chi connectivity index (χ0) is 11.8. The molecule has 0 amide bonds. The van der Waals surface area contributed by atoms with Crippen LogP contribution in [0.3, 0.4) is 0 Å². The van der Waals surface area contributed by atoms with Crippen molar-refractivity contribution in [3.8, 4) is 0 Å². The van der Waals surface area contributed by atoms with E-state index in [1.54, 1.807) is 0 Å². The lowest BCUT2D eigenvalue weighted by Crippen LogP contribution is -2.24. The normalized spacial score (nSPS) is 17.5. The Balaban J connectivity index is 2.22. The molecular formula is C12H15F2NO. The second-order valence-electron chi connectivity index (χ2n) is 4.51. The average Bonchev–Trinajstić information content (AvgIpc) is 2.90. The van der Waals surface area contributed by atoms with Crippen molar-refractivity contribution in [3.63, 3.8) is 0 Å². The summed E-state index contributed by atoms with van der Waals surface area (Å²) in [7, 11) is 1.41. The molecule has 4 heteroatoms. The fourth-order valence-electron chi connectivity index (χ4n) is 1.78. The molecule has 0 atom stereocenters. The molecule has 0 spiro atoms. The zero-order valence-corrected chi connectivity index (χ0v) is 9.22. The lowest BCUT2D eigenvalue weighted by Gasteiger charge is -2.11. The highest BCUT2D eigenvalue weighted by Gasteiger charge is 2.38. The van der Waals surface area contributed by atoms with Crippen LogP contribution in [0, 0.1) is 11.6 Å². The van der Waals surface area contributed by atoms with Crippen LogP contribution >= 0.6 is 0 Å². The largest absolute Gasteiger partial charge is 0.380 e. The van der Waals surface area contributed by atoms with Crippen molar-refractivity contribution in [2.24, 2.45) is 5.73 Å². The van der Waals surface area contributed by atoms with Gasteiger partial charge in [-0.15, -0.1) is 0 Å². The first-order valence-corrected chi connectivity index (χ1v) is 5.29. The molecule has 0 heterocycles. The molecule has 1 aliphatic carbocycles. The first kappa shape index (κ1) is 11.5. The van der Waals surface area contributed by atoms with Crippen LogP contribution in [-0.4, -0.2) is 12.6 Å². The SMILES string of the molecule is COCc1c(F)cc(CC2(N)CC2)cc1F. The van der Waals surface area contributed by atoms with Crippen molar-refractivity contribution in [3.05, 3.63) is 34.9 Å². The minimum Gasteiger partial charge on any atom is -0.380 e. The van der Waals surface area contributed by atoms with Gasteiger partial charge in [0.05, 0.1) is 6.61 Å². The number of methoxy groups -OCH3 is 1. The highest BCUT2D eigenvalue weighted by molar-refractivity contribution is 5.28. The average molecular weight is 227 g/mol. The summed E-state index contributed by atoms with van der Waals surface area (Å²) in [5, 5.41) is 0. The van der Waals surface area contributed by atoms with E-state index in [9.17, 15) is 8.78 Å². The summed E-state index contributed by atoms with van der Waals surface area (Å²) in [6.07, 6.45) is 2.39. The van der Waals surface area contributed by atoms with Gasteiger partial charge in [0.1, 0.15) is 11.6 Å². The number of ether oxygens (including phenoxy) is 1. The molecule has 1 aromatic carbocycles. The third-order valence-electron chi connectivity index (χ3n) is 2.94. The first-order valence-electron chi connectivity index (χ1n) is 5.29. The first-order chi connectivity index (χ1) is 7.54. The van der Waals surface area contributed by atoms with Crippen molar-refractivity contribution in [2.45, 2.75) is 31.4 Å². The Bertz CT molecular complexity index is 379. The molecular weight excluding hydrogens is 212 g/mol. The van der Waals surface area contributed by atoms with E-state index >= 15 is 0 Å². The quantitative estimate of drug-likeness (QED) is 0.855. The Morgan fingerprint density at radius 2 is 1.88 bits per heavy atom. The molecule has 0 unspecified atom stereocenters. The van der Waals surface area contributed by atoms with Crippen molar-refractivity contribution >= 4 is 0 Å². The van der Waals surface area contributed by atoms with E-state index in [0.717, 1.165) is 12.8 Å². The Kier molecular flexibility index (Phi) is 2.95. The van der Waals surface area contributed by atoms with Gasteiger partial charge in [0.15, 0.2) is 0 Å². The molecule has 1 aliphatic rings. The number of hydrogen-bond donors (Lipinski definition) is 1. The molecule has 0 bridgehead atoms. The maximum Gasteiger partial charge on any atom is 0.131 e. The van der Waals surface area contributed by atoms with Crippen molar-refractivity contribution in [2.75, 3.05) is 7.11 Å². The summed E-state index contributed by atoms with van der Waals surface area (Å²) in [6, 6.07) is 2.70. The summed E-state index contributed by atoms with van der Waals surface area (Å²) < 4.78 is 31.8. The Labute approximate surface area is 93.4 Å². The Morgan fingerprint density at radius 3 is 2.31 bits per heavy atom. The minimum absolute atomic E-state index is 0.0203. The number of benzene rings is 1. The van der Waals surface area contributed by atoms with Gasteiger partial charge in [-0.3, -0.25) is 0 Å². The predicted molar refractivity (Wildman–Crippen MR) is 56.9 cm³/mol. The molecule has 2 nitrogen and oxygen atoms in total. The lowest BCUT2D eigenvalue weighted by atomic mass is 10.0. The molecule has 0 radical (unpaired) electrons. The Hall–Kier alpha value is -1.00. The Morgan fingerprint density at radius 1 is 1.31 bits per heavy atom. The summed E-state index contributed by atoms with van der Waals surface area (Å²) in [5.74, 6) is -1.11. The van der Waals surface area contributed by atoms with E-state index in [2.05, 4.69) is 0 Å². The number of hydrogen-bond acceptors (Lipinski definition) is 2. The van der Waals surface area contributed by atoms with E-state index in [0.29, 0.717) is 12.0 Å². The van der Waals surface area contributed by atoms with Gasteiger partial charge in [0.2, 0.25) is 0 Å². The summed E-state index contributed by atoms with van der Waals surface area (Å²) in [5.41, 5.74) is 6.27. The van der Waals surface area contributed by atoms with Gasteiger partial charge in [-0.1, -0.05) is 0 Å². The summed E-state index contributed by atoms with van der Waals surface area (Å²) >= 11 is 0. The molecule has 0 saturated heterocycles. The zero-order valence-electron chi connectivity index (χ0n) is 9.22. The highest BCUT2D eigenvalue weighted by atomic mass is 19.1. The van der Waals surface area contributed by atoms with Gasteiger partial charge < -0.3 is 10.5 Å². The molecule has 16 heavy (non-hydrogen) atoms. The van der Waals surface area contributed by atoms with Crippen LogP contribution in [0.5, 0.6) is 0 Å². The van der Waals surface area contributed by atoms with E-state index in [1.807, 2.05) is 0 Å². The minimum atomic E-state index is -0.555. The van der Waals surface area contributed by atoms with Crippen LogP contribution in [0.4, 0.5) is 8.78 Å². The monoisotopic (exact) mass is 227 g/mol. The smallest absolute Gasteiger partial charge is 0.131 e. The van der Waals surface area contributed by atoms with Crippen molar-refractivity contribution in [1.29, 1.82) is 0 Å². The molecule has 1 aromatic rings. The van der Waals surface area contributed by atoms with E-state index < -0.39 is 11.6 Å².